The van der Waals surface area contributed by atoms with Crippen LogP contribution >= 0.6 is 0 Å². The third-order valence-corrected chi connectivity index (χ3v) is 3.13. The number of rotatable bonds is 4. The topological polar surface area (TPSA) is 75.3 Å². The van der Waals surface area contributed by atoms with E-state index in [9.17, 15) is 4.79 Å². The molecule has 6 nitrogen and oxygen atoms in total. The van der Waals surface area contributed by atoms with E-state index in [-0.39, 0.29) is 5.91 Å². The number of amides is 1. The molecule has 0 spiro atoms. The van der Waals surface area contributed by atoms with Crippen LogP contribution in [0.2, 0.25) is 0 Å². The molecule has 1 saturated heterocycles. The van der Waals surface area contributed by atoms with Crippen LogP contribution in [0, 0.1) is 0 Å². The lowest BCUT2D eigenvalue weighted by Gasteiger charge is -2.15. The van der Waals surface area contributed by atoms with Gasteiger partial charge in [0, 0.05) is 32.8 Å². The molecule has 0 radical (unpaired) electrons. The molecular weight excluding hydrogens is 230 g/mol. The SMILES string of the molecule is CN(C)c1nccc([C@H]2CCN(CC(N)=O)C2)n1. The molecule has 6 heteroatoms. The maximum absolute atomic E-state index is 10.9. The molecular formula is C12H19N5O. The van der Waals surface area contributed by atoms with Crippen molar-refractivity contribution in [2.45, 2.75) is 12.3 Å². The van der Waals surface area contributed by atoms with E-state index in [2.05, 4.69) is 14.9 Å². The average Bonchev–Trinajstić information content (AvgIpc) is 2.77. The van der Waals surface area contributed by atoms with Crippen molar-refractivity contribution in [1.29, 1.82) is 0 Å². The van der Waals surface area contributed by atoms with Crippen LogP contribution in [-0.4, -0.2) is 54.5 Å². The summed E-state index contributed by atoms with van der Waals surface area (Å²) in [4.78, 5) is 23.6. The van der Waals surface area contributed by atoms with E-state index in [1.807, 2.05) is 25.1 Å². The number of hydrogen-bond donors (Lipinski definition) is 1. The Labute approximate surface area is 107 Å². The Morgan fingerprint density at radius 2 is 2.39 bits per heavy atom. The Balaban J connectivity index is 2.05. The summed E-state index contributed by atoms with van der Waals surface area (Å²) in [5, 5.41) is 0. The maximum atomic E-state index is 10.9. The normalized spacial score (nSPS) is 20.0. The maximum Gasteiger partial charge on any atom is 0.231 e. The van der Waals surface area contributed by atoms with Gasteiger partial charge in [0.05, 0.1) is 12.2 Å². The zero-order chi connectivity index (χ0) is 13.1. The summed E-state index contributed by atoms with van der Waals surface area (Å²) >= 11 is 0. The zero-order valence-corrected chi connectivity index (χ0v) is 10.8. The minimum absolute atomic E-state index is 0.271. The molecule has 1 aliphatic heterocycles. The summed E-state index contributed by atoms with van der Waals surface area (Å²) in [6.07, 6.45) is 2.80. The van der Waals surface area contributed by atoms with Gasteiger partial charge in [-0.1, -0.05) is 0 Å². The number of nitrogens with two attached hydrogens (primary N) is 1. The fourth-order valence-electron chi connectivity index (χ4n) is 2.24. The summed E-state index contributed by atoms with van der Waals surface area (Å²) in [5.41, 5.74) is 6.25. The van der Waals surface area contributed by atoms with Gasteiger partial charge < -0.3 is 10.6 Å². The predicted molar refractivity (Wildman–Crippen MR) is 69.4 cm³/mol. The molecule has 1 atom stereocenters. The van der Waals surface area contributed by atoms with E-state index in [0.29, 0.717) is 12.5 Å². The van der Waals surface area contributed by atoms with E-state index in [4.69, 9.17) is 5.73 Å². The molecule has 1 aromatic rings. The molecule has 98 valence electrons. The highest BCUT2D eigenvalue weighted by Gasteiger charge is 2.25. The number of hydrogen-bond acceptors (Lipinski definition) is 5. The van der Waals surface area contributed by atoms with Crippen LogP contribution in [0.25, 0.3) is 0 Å². The second-order valence-corrected chi connectivity index (χ2v) is 4.86. The number of carbonyl (C=O) groups is 1. The Morgan fingerprint density at radius 3 is 3.06 bits per heavy atom. The van der Waals surface area contributed by atoms with Gasteiger partial charge in [0.2, 0.25) is 11.9 Å². The van der Waals surface area contributed by atoms with E-state index in [1.165, 1.54) is 0 Å². The molecule has 0 bridgehead atoms. The molecule has 0 aliphatic carbocycles. The second-order valence-electron chi connectivity index (χ2n) is 4.86. The minimum Gasteiger partial charge on any atom is -0.369 e. The van der Waals surface area contributed by atoms with Crippen molar-refractivity contribution in [2.24, 2.45) is 5.73 Å². The summed E-state index contributed by atoms with van der Waals surface area (Å²) in [6, 6.07) is 1.95. The lowest BCUT2D eigenvalue weighted by atomic mass is 10.1. The van der Waals surface area contributed by atoms with Gasteiger partial charge in [-0.3, -0.25) is 9.69 Å². The van der Waals surface area contributed by atoms with Gasteiger partial charge in [-0.05, 0) is 19.0 Å². The number of aromatic nitrogens is 2. The minimum atomic E-state index is -0.271. The quantitative estimate of drug-likeness (QED) is 0.801. The second kappa shape index (κ2) is 5.30. The van der Waals surface area contributed by atoms with Crippen molar-refractivity contribution in [1.82, 2.24) is 14.9 Å². The van der Waals surface area contributed by atoms with Crippen molar-refractivity contribution >= 4 is 11.9 Å². The first-order valence-electron chi connectivity index (χ1n) is 6.07. The number of anilines is 1. The molecule has 1 fully saturated rings. The van der Waals surface area contributed by atoms with Gasteiger partial charge in [0.1, 0.15) is 0 Å². The molecule has 0 aromatic carbocycles. The van der Waals surface area contributed by atoms with Gasteiger partial charge in [0.25, 0.3) is 0 Å². The third-order valence-electron chi connectivity index (χ3n) is 3.13. The number of primary amides is 1. The van der Waals surface area contributed by atoms with Gasteiger partial charge in [-0.15, -0.1) is 0 Å². The van der Waals surface area contributed by atoms with Crippen molar-refractivity contribution in [3.8, 4) is 0 Å². The van der Waals surface area contributed by atoms with Crippen molar-refractivity contribution in [2.75, 3.05) is 38.6 Å². The first-order chi connectivity index (χ1) is 8.56. The highest BCUT2D eigenvalue weighted by atomic mass is 16.1. The molecule has 1 aromatic heterocycles. The van der Waals surface area contributed by atoms with Crippen LogP contribution in [0.4, 0.5) is 5.95 Å². The molecule has 2 rings (SSSR count). The van der Waals surface area contributed by atoms with Crippen LogP contribution in [0.3, 0.4) is 0 Å². The van der Waals surface area contributed by atoms with Crippen LogP contribution in [-0.2, 0) is 4.79 Å². The molecule has 2 N–H and O–H groups in total. The first kappa shape index (κ1) is 12.8. The Bertz CT molecular complexity index is 434. The van der Waals surface area contributed by atoms with Crippen molar-refractivity contribution in [3.63, 3.8) is 0 Å². The fraction of sp³-hybridized carbons (Fsp3) is 0.583. The monoisotopic (exact) mass is 249 g/mol. The number of nitrogens with zero attached hydrogens (tertiary/aromatic N) is 4. The Kier molecular flexibility index (Phi) is 3.76. The fourth-order valence-corrected chi connectivity index (χ4v) is 2.24. The summed E-state index contributed by atoms with van der Waals surface area (Å²) in [5.74, 6) is 0.819. The average molecular weight is 249 g/mol. The molecule has 18 heavy (non-hydrogen) atoms. The highest BCUT2D eigenvalue weighted by Crippen LogP contribution is 2.25. The van der Waals surface area contributed by atoms with E-state index >= 15 is 0 Å². The molecule has 1 aliphatic rings. The van der Waals surface area contributed by atoms with Crippen molar-refractivity contribution < 1.29 is 4.79 Å². The van der Waals surface area contributed by atoms with E-state index < -0.39 is 0 Å². The van der Waals surface area contributed by atoms with Crippen molar-refractivity contribution in [3.05, 3.63) is 18.0 Å². The summed E-state index contributed by atoms with van der Waals surface area (Å²) in [6.45, 7) is 2.07. The molecule has 0 saturated carbocycles. The smallest absolute Gasteiger partial charge is 0.231 e. The highest BCUT2D eigenvalue weighted by molar-refractivity contribution is 5.75. The van der Waals surface area contributed by atoms with Crippen LogP contribution in [0.1, 0.15) is 18.0 Å². The largest absolute Gasteiger partial charge is 0.369 e. The van der Waals surface area contributed by atoms with E-state index in [0.717, 1.165) is 31.2 Å². The van der Waals surface area contributed by atoms with Crippen LogP contribution in [0.5, 0.6) is 0 Å². The lowest BCUT2D eigenvalue weighted by molar-refractivity contribution is -0.118. The van der Waals surface area contributed by atoms with Gasteiger partial charge in [-0.2, -0.15) is 0 Å². The van der Waals surface area contributed by atoms with Crippen LogP contribution < -0.4 is 10.6 Å². The Morgan fingerprint density at radius 1 is 1.61 bits per heavy atom. The summed E-state index contributed by atoms with van der Waals surface area (Å²) < 4.78 is 0. The number of carbonyl (C=O) groups excluding carboxylic acids is 1. The number of likely N-dealkylation sites (tertiary alicyclic amines) is 1. The van der Waals surface area contributed by atoms with Gasteiger partial charge >= 0.3 is 0 Å². The van der Waals surface area contributed by atoms with E-state index in [1.54, 1.807) is 6.20 Å². The van der Waals surface area contributed by atoms with Gasteiger partial charge in [0.15, 0.2) is 0 Å². The molecule has 2 heterocycles. The first-order valence-corrected chi connectivity index (χ1v) is 6.07. The lowest BCUT2D eigenvalue weighted by Crippen LogP contribution is -2.31. The third kappa shape index (κ3) is 2.95. The standard InChI is InChI=1S/C12H19N5O/c1-16(2)12-14-5-3-10(15-12)9-4-6-17(7-9)8-11(13)18/h3,5,9H,4,6-8H2,1-2H3,(H2,13,18)/t9-/m0/s1. The molecule has 0 unspecified atom stereocenters. The predicted octanol–water partition coefficient (Wildman–Crippen LogP) is -0.183. The Hall–Kier alpha value is -1.69. The summed E-state index contributed by atoms with van der Waals surface area (Å²) in [7, 11) is 3.85. The zero-order valence-electron chi connectivity index (χ0n) is 10.8. The molecule has 1 amide bonds. The van der Waals surface area contributed by atoms with Crippen LogP contribution in [0.15, 0.2) is 12.3 Å². The van der Waals surface area contributed by atoms with Gasteiger partial charge in [-0.25, -0.2) is 9.97 Å².